The summed E-state index contributed by atoms with van der Waals surface area (Å²) >= 11 is 3.29. The Labute approximate surface area is 122 Å². The van der Waals surface area contributed by atoms with Crippen molar-refractivity contribution in [3.63, 3.8) is 0 Å². The molecule has 1 aromatic carbocycles. The standard InChI is InChI=1S/C13H9BrN4O2/c14-7-9-5-10-11(6-12(9)18(19)20)16-17-13(10)8-1-3-15-4-2-8/h1-6H,7H2,(H,16,17). The zero-order chi connectivity index (χ0) is 14.1. The van der Waals surface area contributed by atoms with Crippen molar-refractivity contribution in [2.75, 3.05) is 0 Å². The summed E-state index contributed by atoms with van der Waals surface area (Å²) in [6, 6.07) is 7.01. The molecule has 0 radical (unpaired) electrons. The van der Waals surface area contributed by atoms with Crippen LogP contribution in [0.25, 0.3) is 22.2 Å². The molecule has 0 aliphatic heterocycles. The van der Waals surface area contributed by atoms with Crippen molar-refractivity contribution in [3.8, 4) is 11.3 Å². The van der Waals surface area contributed by atoms with Gasteiger partial charge in [0.1, 0.15) is 5.69 Å². The summed E-state index contributed by atoms with van der Waals surface area (Å²) in [4.78, 5) is 14.6. The van der Waals surface area contributed by atoms with Gasteiger partial charge in [-0.1, -0.05) is 15.9 Å². The Morgan fingerprint density at radius 3 is 2.70 bits per heavy atom. The van der Waals surface area contributed by atoms with Crippen LogP contribution in [0.3, 0.4) is 0 Å². The van der Waals surface area contributed by atoms with Crippen LogP contribution in [0.5, 0.6) is 0 Å². The van der Waals surface area contributed by atoms with E-state index in [1.54, 1.807) is 18.5 Å². The van der Waals surface area contributed by atoms with Gasteiger partial charge in [0.05, 0.1) is 10.4 Å². The topological polar surface area (TPSA) is 84.7 Å². The zero-order valence-electron chi connectivity index (χ0n) is 10.2. The largest absolute Gasteiger partial charge is 0.277 e. The molecule has 0 bridgehead atoms. The molecule has 0 saturated carbocycles. The summed E-state index contributed by atoms with van der Waals surface area (Å²) in [5, 5.41) is 19.4. The quantitative estimate of drug-likeness (QED) is 0.452. The number of hydrogen-bond donors (Lipinski definition) is 1. The maximum Gasteiger partial charge on any atom is 0.275 e. The van der Waals surface area contributed by atoms with Crippen LogP contribution in [0, 0.1) is 10.1 Å². The number of nitro benzene ring substituents is 1. The summed E-state index contributed by atoms with van der Waals surface area (Å²) in [5.74, 6) is 0. The fourth-order valence-electron chi connectivity index (χ4n) is 2.10. The van der Waals surface area contributed by atoms with Crippen LogP contribution >= 0.6 is 15.9 Å². The molecule has 6 nitrogen and oxygen atoms in total. The van der Waals surface area contributed by atoms with Gasteiger partial charge >= 0.3 is 0 Å². The molecule has 0 amide bonds. The number of nitrogens with one attached hydrogen (secondary N) is 1. The highest BCUT2D eigenvalue weighted by atomic mass is 79.9. The van der Waals surface area contributed by atoms with E-state index in [0.29, 0.717) is 16.4 Å². The molecule has 0 aliphatic rings. The van der Waals surface area contributed by atoms with Crippen molar-refractivity contribution in [1.82, 2.24) is 15.2 Å². The van der Waals surface area contributed by atoms with Crippen LogP contribution in [-0.4, -0.2) is 20.1 Å². The van der Waals surface area contributed by atoms with Crippen molar-refractivity contribution in [1.29, 1.82) is 0 Å². The Morgan fingerprint density at radius 1 is 1.30 bits per heavy atom. The molecule has 1 N–H and O–H groups in total. The summed E-state index contributed by atoms with van der Waals surface area (Å²) in [6.07, 6.45) is 3.37. The van der Waals surface area contributed by atoms with E-state index in [1.165, 1.54) is 6.07 Å². The Kier molecular flexibility index (Phi) is 3.19. The number of hydrogen-bond acceptors (Lipinski definition) is 4. The third-order valence-corrected chi connectivity index (χ3v) is 3.66. The van der Waals surface area contributed by atoms with E-state index >= 15 is 0 Å². The smallest absolute Gasteiger partial charge is 0.275 e. The summed E-state index contributed by atoms with van der Waals surface area (Å²) in [7, 11) is 0. The van der Waals surface area contributed by atoms with Crippen molar-refractivity contribution >= 4 is 32.5 Å². The first-order valence-corrected chi connectivity index (χ1v) is 6.94. The van der Waals surface area contributed by atoms with Gasteiger partial charge in [-0.2, -0.15) is 5.10 Å². The van der Waals surface area contributed by atoms with Crippen molar-refractivity contribution in [2.24, 2.45) is 0 Å². The Balaban J connectivity index is 2.25. The SMILES string of the molecule is O=[N+]([O-])c1cc2[nH]nc(-c3ccncc3)c2cc1CBr. The average Bonchev–Trinajstić information content (AvgIpc) is 2.89. The molecule has 100 valence electrons. The number of aromatic nitrogens is 3. The molecule has 0 unspecified atom stereocenters. The molecule has 2 aromatic heterocycles. The first kappa shape index (κ1) is 12.7. The van der Waals surface area contributed by atoms with E-state index < -0.39 is 0 Å². The van der Waals surface area contributed by atoms with Gasteiger partial charge in [0.25, 0.3) is 5.69 Å². The number of nitrogens with zero attached hydrogens (tertiary/aromatic N) is 3. The normalized spacial score (nSPS) is 10.8. The highest BCUT2D eigenvalue weighted by Gasteiger charge is 2.17. The van der Waals surface area contributed by atoms with E-state index in [-0.39, 0.29) is 10.6 Å². The second kappa shape index (κ2) is 5.01. The minimum atomic E-state index is -0.386. The maximum atomic E-state index is 11.0. The molecule has 0 aliphatic carbocycles. The molecule has 3 aromatic rings. The molecule has 0 atom stereocenters. The van der Waals surface area contributed by atoms with Crippen LogP contribution in [0.15, 0.2) is 36.7 Å². The number of nitro groups is 1. The Hall–Kier alpha value is -2.28. The number of halogens is 1. The fourth-order valence-corrected chi connectivity index (χ4v) is 2.55. The van der Waals surface area contributed by atoms with Gasteiger partial charge in [-0.15, -0.1) is 0 Å². The van der Waals surface area contributed by atoms with Gasteiger partial charge < -0.3 is 0 Å². The fraction of sp³-hybridized carbons (Fsp3) is 0.0769. The van der Waals surface area contributed by atoms with Crippen LogP contribution in [0.2, 0.25) is 0 Å². The summed E-state index contributed by atoms with van der Waals surface area (Å²) < 4.78 is 0. The summed E-state index contributed by atoms with van der Waals surface area (Å²) in [6.45, 7) is 0. The first-order chi connectivity index (χ1) is 9.70. The van der Waals surface area contributed by atoms with Crippen LogP contribution in [-0.2, 0) is 5.33 Å². The number of alkyl halides is 1. The molecule has 20 heavy (non-hydrogen) atoms. The number of benzene rings is 1. The molecule has 0 fully saturated rings. The predicted octanol–water partition coefficient (Wildman–Crippen LogP) is 3.43. The van der Waals surface area contributed by atoms with Gasteiger partial charge in [-0.05, 0) is 18.2 Å². The van der Waals surface area contributed by atoms with E-state index in [1.807, 2.05) is 12.1 Å². The second-order valence-corrected chi connectivity index (χ2v) is 4.79. The Morgan fingerprint density at radius 2 is 2.05 bits per heavy atom. The van der Waals surface area contributed by atoms with Gasteiger partial charge in [0.2, 0.25) is 0 Å². The lowest BCUT2D eigenvalue weighted by atomic mass is 10.1. The molecule has 0 spiro atoms. The highest BCUT2D eigenvalue weighted by molar-refractivity contribution is 9.08. The molecule has 2 heterocycles. The predicted molar refractivity (Wildman–Crippen MR) is 78.6 cm³/mol. The lowest BCUT2D eigenvalue weighted by Gasteiger charge is -2.01. The maximum absolute atomic E-state index is 11.0. The number of fused-ring (bicyclic) bond motifs is 1. The monoisotopic (exact) mass is 332 g/mol. The molecular formula is C13H9BrN4O2. The summed E-state index contributed by atoms with van der Waals surface area (Å²) in [5.41, 5.74) is 3.03. The average molecular weight is 333 g/mol. The number of H-pyrrole nitrogens is 1. The number of rotatable bonds is 3. The van der Waals surface area contributed by atoms with Gasteiger partial charge in [0, 0.05) is 40.3 Å². The van der Waals surface area contributed by atoms with Crippen LogP contribution in [0.1, 0.15) is 5.56 Å². The lowest BCUT2D eigenvalue weighted by Crippen LogP contribution is -1.93. The van der Waals surface area contributed by atoms with Crippen molar-refractivity contribution in [2.45, 2.75) is 5.33 Å². The lowest BCUT2D eigenvalue weighted by molar-refractivity contribution is -0.385. The highest BCUT2D eigenvalue weighted by Crippen LogP contribution is 2.32. The molecule has 3 rings (SSSR count). The minimum Gasteiger partial charge on any atom is -0.277 e. The van der Waals surface area contributed by atoms with Crippen molar-refractivity contribution < 1.29 is 4.92 Å². The second-order valence-electron chi connectivity index (χ2n) is 4.23. The molecule has 0 saturated heterocycles. The molecule has 7 heteroatoms. The van der Waals surface area contributed by atoms with E-state index in [9.17, 15) is 10.1 Å². The van der Waals surface area contributed by atoms with E-state index in [0.717, 1.165) is 16.6 Å². The van der Waals surface area contributed by atoms with Crippen LogP contribution < -0.4 is 0 Å². The Bertz CT molecular complexity index is 786. The zero-order valence-corrected chi connectivity index (χ0v) is 11.8. The van der Waals surface area contributed by atoms with E-state index in [2.05, 4.69) is 31.1 Å². The van der Waals surface area contributed by atoms with Gasteiger partial charge in [-0.25, -0.2) is 0 Å². The van der Waals surface area contributed by atoms with Crippen LogP contribution in [0.4, 0.5) is 5.69 Å². The molecular weight excluding hydrogens is 324 g/mol. The van der Waals surface area contributed by atoms with Gasteiger partial charge in [-0.3, -0.25) is 20.2 Å². The number of pyridine rings is 1. The number of aromatic amines is 1. The minimum absolute atomic E-state index is 0.0827. The van der Waals surface area contributed by atoms with E-state index in [4.69, 9.17) is 0 Å². The first-order valence-electron chi connectivity index (χ1n) is 5.82. The van der Waals surface area contributed by atoms with Gasteiger partial charge in [0.15, 0.2) is 0 Å². The third kappa shape index (κ3) is 2.05. The van der Waals surface area contributed by atoms with Crippen molar-refractivity contribution in [3.05, 3.63) is 52.3 Å². The third-order valence-electron chi connectivity index (χ3n) is 3.06.